The molecule has 0 aliphatic carbocycles. The summed E-state index contributed by atoms with van der Waals surface area (Å²) in [5.41, 5.74) is 1.67. The van der Waals surface area contributed by atoms with Gasteiger partial charge in [0.25, 0.3) is 5.91 Å². The summed E-state index contributed by atoms with van der Waals surface area (Å²) >= 11 is 3.39. The lowest BCUT2D eigenvalue weighted by atomic mass is 10.1. The number of hydrogen-bond acceptors (Lipinski definition) is 2. The van der Waals surface area contributed by atoms with E-state index >= 15 is 0 Å². The molecule has 0 bridgehead atoms. The maximum atomic E-state index is 12.0. The number of nitrogens with one attached hydrogen (secondary N) is 1. The first-order valence-electron chi connectivity index (χ1n) is 6.18. The quantitative estimate of drug-likeness (QED) is 0.619. The van der Waals surface area contributed by atoms with E-state index in [1.165, 1.54) is 0 Å². The van der Waals surface area contributed by atoms with Gasteiger partial charge in [0.15, 0.2) is 0 Å². The number of unbranched alkanes of at least 4 members (excludes halogenated alkanes) is 2. The van der Waals surface area contributed by atoms with Gasteiger partial charge in [-0.15, -0.1) is 0 Å². The van der Waals surface area contributed by atoms with Crippen LogP contribution in [0.3, 0.4) is 0 Å². The van der Waals surface area contributed by atoms with Crippen LogP contribution in [0, 0.1) is 6.92 Å². The highest BCUT2D eigenvalue weighted by molar-refractivity contribution is 9.09. The summed E-state index contributed by atoms with van der Waals surface area (Å²) in [7, 11) is 1.58. The Bertz CT molecular complexity index is 393. The Morgan fingerprint density at radius 3 is 2.78 bits per heavy atom. The van der Waals surface area contributed by atoms with Gasteiger partial charge in [-0.3, -0.25) is 4.79 Å². The molecule has 1 rings (SSSR count). The fourth-order valence-corrected chi connectivity index (χ4v) is 2.09. The molecule has 18 heavy (non-hydrogen) atoms. The molecule has 0 aliphatic heterocycles. The van der Waals surface area contributed by atoms with Crippen LogP contribution in [0.15, 0.2) is 18.2 Å². The molecule has 1 amide bonds. The Hall–Kier alpha value is -1.03. The second-order valence-electron chi connectivity index (χ2n) is 4.21. The van der Waals surface area contributed by atoms with Crippen molar-refractivity contribution >= 4 is 21.8 Å². The van der Waals surface area contributed by atoms with Crippen molar-refractivity contribution < 1.29 is 9.53 Å². The molecule has 0 atom stereocenters. The molecule has 0 spiro atoms. The summed E-state index contributed by atoms with van der Waals surface area (Å²) in [4.78, 5) is 12.0. The molecule has 0 saturated carbocycles. The highest BCUT2D eigenvalue weighted by atomic mass is 79.9. The summed E-state index contributed by atoms with van der Waals surface area (Å²) in [6, 6.07) is 5.62. The second-order valence-corrected chi connectivity index (χ2v) is 5.00. The van der Waals surface area contributed by atoms with Gasteiger partial charge in [0, 0.05) is 11.9 Å². The fraction of sp³-hybridized carbons (Fsp3) is 0.500. The van der Waals surface area contributed by atoms with E-state index < -0.39 is 0 Å². The van der Waals surface area contributed by atoms with E-state index in [1.54, 1.807) is 7.11 Å². The van der Waals surface area contributed by atoms with Crippen molar-refractivity contribution in [1.82, 2.24) is 5.32 Å². The molecule has 1 aromatic carbocycles. The summed E-state index contributed by atoms with van der Waals surface area (Å²) in [6.07, 6.45) is 3.27. The number of aryl methyl sites for hydroxylation is 1. The molecule has 1 N–H and O–H groups in total. The molecule has 0 fully saturated rings. The molecule has 1 aromatic rings. The van der Waals surface area contributed by atoms with E-state index in [0.29, 0.717) is 17.9 Å². The van der Waals surface area contributed by atoms with Crippen molar-refractivity contribution in [2.45, 2.75) is 26.2 Å². The van der Waals surface area contributed by atoms with Crippen LogP contribution in [0.5, 0.6) is 5.75 Å². The van der Waals surface area contributed by atoms with E-state index in [2.05, 4.69) is 21.2 Å². The van der Waals surface area contributed by atoms with Crippen molar-refractivity contribution in [2.24, 2.45) is 0 Å². The maximum Gasteiger partial charge on any atom is 0.255 e. The third-order valence-corrected chi connectivity index (χ3v) is 3.26. The minimum absolute atomic E-state index is 0.0607. The molecule has 0 radical (unpaired) electrons. The standard InChI is InChI=1S/C14H20BrNO2/c1-11-6-7-13(18-2)12(10-11)14(17)16-9-5-3-4-8-15/h6-7,10H,3-5,8-9H2,1-2H3,(H,16,17). The summed E-state index contributed by atoms with van der Waals surface area (Å²) in [6.45, 7) is 2.68. The largest absolute Gasteiger partial charge is 0.496 e. The fourth-order valence-electron chi connectivity index (χ4n) is 1.69. The zero-order chi connectivity index (χ0) is 13.4. The van der Waals surface area contributed by atoms with Crippen LogP contribution < -0.4 is 10.1 Å². The Morgan fingerprint density at radius 1 is 1.33 bits per heavy atom. The van der Waals surface area contributed by atoms with Crippen molar-refractivity contribution in [2.75, 3.05) is 19.0 Å². The molecule has 0 aromatic heterocycles. The Balaban J connectivity index is 2.52. The van der Waals surface area contributed by atoms with E-state index in [0.717, 1.165) is 30.2 Å². The van der Waals surface area contributed by atoms with E-state index in [4.69, 9.17) is 4.74 Å². The number of amides is 1. The lowest BCUT2D eigenvalue weighted by Crippen LogP contribution is -2.25. The number of hydrogen-bond donors (Lipinski definition) is 1. The van der Waals surface area contributed by atoms with Gasteiger partial charge in [0.2, 0.25) is 0 Å². The smallest absolute Gasteiger partial charge is 0.255 e. The Kier molecular flexibility index (Phi) is 6.80. The topological polar surface area (TPSA) is 38.3 Å². The number of carbonyl (C=O) groups excluding carboxylic acids is 1. The first-order chi connectivity index (χ1) is 8.69. The lowest BCUT2D eigenvalue weighted by Gasteiger charge is -2.10. The van der Waals surface area contributed by atoms with Crippen LogP contribution in [-0.2, 0) is 0 Å². The van der Waals surface area contributed by atoms with Crippen LogP contribution in [0.4, 0.5) is 0 Å². The normalized spacial score (nSPS) is 10.2. The molecular weight excluding hydrogens is 294 g/mol. The molecule has 0 heterocycles. The molecular formula is C14H20BrNO2. The number of carbonyl (C=O) groups is 1. The molecule has 3 nitrogen and oxygen atoms in total. The number of rotatable bonds is 7. The SMILES string of the molecule is COc1ccc(C)cc1C(=O)NCCCCCBr. The Labute approximate surface area is 117 Å². The van der Waals surface area contributed by atoms with Gasteiger partial charge in [-0.1, -0.05) is 34.0 Å². The van der Waals surface area contributed by atoms with Gasteiger partial charge >= 0.3 is 0 Å². The lowest BCUT2D eigenvalue weighted by molar-refractivity contribution is 0.0950. The average Bonchev–Trinajstić information content (AvgIpc) is 2.38. The number of alkyl halides is 1. The van der Waals surface area contributed by atoms with Crippen LogP contribution >= 0.6 is 15.9 Å². The molecule has 0 saturated heterocycles. The minimum Gasteiger partial charge on any atom is -0.496 e. The summed E-state index contributed by atoms with van der Waals surface area (Å²) in [5.74, 6) is 0.563. The van der Waals surface area contributed by atoms with Gasteiger partial charge in [-0.2, -0.15) is 0 Å². The van der Waals surface area contributed by atoms with E-state index in [1.807, 2.05) is 25.1 Å². The number of ether oxygens (including phenoxy) is 1. The van der Waals surface area contributed by atoms with Crippen LogP contribution in [0.1, 0.15) is 35.2 Å². The number of halogens is 1. The van der Waals surface area contributed by atoms with Gasteiger partial charge in [-0.25, -0.2) is 0 Å². The zero-order valence-electron chi connectivity index (χ0n) is 11.0. The predicted octanol–water partition coefficient (Wildman–Crippen LogP) is 3.30. The monoisotopic (exact) mass is 313 g/mol. The average molecular weight is 314 g/mol. The highest BCUT2D eigenvalue weighted by Crippen LogP contribution is 2.19. The summed E-state index contributed by atoms with van der Waals surface area (Å²) in [5, 5.41) is 3.95. The molecule has 0 aliphatic rings. The summed E-state index contributed by atoms with van der Waals surface area (Å²) < 4.78 is 5.20. The van der Waals surface area contributed by atoms with E-state index in [9.17, 15) is 4.79 Å². The van der Waals surface area contributed by atoms with Gasteiger partial charge in [0.05, 0.1) is 12.7 Å². The molecule has 100 valence electrons. The first-order valence-corrected chi connectivity index (χ1v) is 7.30. The second kappa shape index (κ2) is 8.14. The highest BCUT2D eigenvalue weighted by Gasteiger charge is 2.11. The first kappa shape index (κ1) is 15.0. The third-order valence-electron chi connectivity index (χ3n) is 2.70. The van der Waals surface area contributed by atoms with Crippen LogP contribution in [0.2, 0.25) is 0 Å². The van der Waals surface area contributed by atoms with Crippen molar-refractivity contribution in [1.29, 1.82) is 0 Å². The van der Waals surface area contributed by atoms with Gasteiger partial charge in [-0.05, 0) is 31.9 Å². The van der Waals surface area contributed by atoms with Crippen molar-refractivity contribution in [3.8, 4) is 5.75 Å². The molecule has 0 unspecified atom stereocenters. The molecule has 4 heteroatoms. The minimum atomic E-state index is -0.0607. The Morgan fingerprint density at radius 2 is 2.11 bits per heavy atom. The number of benzene rings is 1. The van der Waals surface area contributed by atoms with Crippen molar-refractivity contribution in [3.63, 3.8) is 0 Å². The van der Waals surface area contributed by atoms with Crippen LogP contribution in [0.25, 0.3) is 0 Å². The van der Waals surface area contributed by atoms with Gasteiger partial charge < -0.3 is 10.1 Å². The predicted molar refractivity (Wildman–Crippen MR) is 77.7 cm³/mol. The maximum absolute atomic E-state index is 12.0. The third kappa shape index (κ3) is 4.69. The van der Waals surface area contributed by atoms with E-state index in [-0.39, 0.29) is 5.91 Å². The van der Waals surface area contributed by atoms with Gasteiger partial charge in [0.1, 0.15) is 5.75 Å². The number of methoxy groups -OCH3 is 1. The van der Waals surface area contributed by atoms with Crippen LogP contribution in [-0.4, -0.2) is 24.9 Å². The van der Waals surface area contributed by atoms with Crippen molar-refractivity contribution in [3.05, 3.63) is 29.3 Å². The zero-order valence-corrected chi connectivity index (χ0v) is 12.5.